The van der Waals surface area contributed by atoms with Crippen molar-refractivity contribution in [2.24, 2.45) is 17.6 Å². The predicted molar refractivity (Wildman–Crippen MR) is 103 cm³/mol. The van der Waals surface area contributed by atoms with Crippen LogP contribution in [0.1, 0.15) is 43.0 Å². The van der Waals surface area contributed by atoms with Crippen LogP contribution in [0.4, 0.5) is 0 Å². The van der Waals surface area contributed by atoms with Gasteiger partial charge in [-0.25, -0.2) is 0 Å². The Bertz CT molecular complexity index is 714. The highest BCUT2D eigenvalue weighted by molar-refractivity contribution is 6.30. The zero-order valence-corrected chi connectivity index (χ0v) is 16.3. The van der Waals surface area contributed by atoms with E-state index in [2.05, 4.69) is 6.92 Å². The van der Waals surface area contributed by atoms with Crippen molar-refractivity contribution in [3.05, 3.63) is 34.9 Å². The summed E-state index contributed by atoms with van der Waals surface area (Å²) in [7, 11) is 0. The minimum atomic E-state index is -0.505. The molecule has 27 heavy (non-hydrogen) atoms. The van der Waals surface area contributed by atoms with E-state index in [0.29, 0.717) is 55.4 Å². The third-order valence-corrected chi connectivity index (χ3v) is 5.95. The fraction of sp³-hybridized carbons (Fsp3) is 0.550. The van der Waals surface area contributed by atoms with Crippen LogP contribution in [0.15, 0.2) is 24.3 Å². The van der Waals surface area contributed by atoms with E-state index in [1.165, 1.54) is 0 Å². The number of likely N-dealkylation sites (tertiary alicyclic amines) is 2. The highest BCUT2D eigenvalue weighted by Crippen LogP contribution is 2.28. The van der Waals surface area contributed by atoms with Crippen molar-refractivity contribution in [1.29, 1.82) is 0 Å². The Kier molecular flexibility index (Phi) is 6.05. The largest absolute Gasteiger partial charge is 0.368 e. The van der Waals surface area contributed by atoms with Crippen molar-refractivity contribution >= 4 is 29.3 Å². The van der Waals surface area contributed by atoms with E-state index in [9.17, 15) is 14.4 Å². The summed E-state index contributed by atoms with van der Waals surface area (Å²) in [5, 5.41) is 0.593. The molecule has 0 bridgehead atoms. The number of amides is 3. The molecule has 0 unspecified atom stereocenters. The summed E-state index contributed by atoms with van der Waals surface area (Å²) in [4.78, 5) is 40.8. The number of rotatable bonds is 3. The molecule has 2 aliphatic heterocycles. The summed E-state index contributed by atoms with van der Waals surface area (Å²) >= 11 is 5.87. The quantitative estimate of drug-likeness (QED) is 0.858. The monoisotopic (exact) mass is 391 g/mol. The van der Waals surface area contributed by atoms with Crippen molar-refractivity contribution in [2.75, 3.05) is 19.6 Å². The molecule has 0 spiro atoms. The molecule has 2 saturated heterocycles. The summed E-state index contributed by atoms with van der Waals surface area (Å²) < 4.78 is 0. The SMILES string of the molecule is C[C@H]1CCN(C(=O)C2CCN(C(=O)c3ccc(Cl)cc3)CC2)[C@H](C(N)=O)C1. The molecule has 0 radical (unpaired) electrons. The summed E-state index contributed by atoms with van der Waals surface area (Å²) in [5.74, 6) is -0.228. The number of primary amides is 1. The minimum Gasteiger partial charge on any atom is -0.368 e. The van der Waals surface area contributed by atoms with E-state index in [1.54, 1.807) is 34.1 Å². The number of hydrogen-bond donors (Lipinski definition) is 1. The molecular formula is C20H26ClN3O3. The second kappa shape index (κ2) is 8.30. The van der Waals surface area contributed by atoms with E-state index in [1.807, 2.05) is 0 Å². The van der Waals surface area contributed by atoms with Gasteiger partial charge < -0.3 is 15.5 Å². The average molecular weight is 392 g/mol. The Morgan fingerprint density at radius 3 is 2.26 bits per heavy atom. The normalized spacial score (nSPS) is 23.9. The van der Waals surface area contributed by atoms with Crippen LogP contribution in [0.3, 0.4) is 0 Å². The number of piperidine rings is 2. The van der Waals surface area contributed by atoms with Crippen LogP contribution in [0.2, 0.25) is 5.02 Å². The maximum atomic E-state index is 13.0. The van der Waals surface area contributed by atoms with Crippen LogP contribution in [0, 0.1) is 11.8 Å². The van der Waals surface area contributed by atoms with Gasteiger partial charge in [0.25, 0.3) is 5.91 Å². The molecule has 1 aromatic carbocycles. The molecule has 6 nitrogen and oxygen atoms in total. The number of benzene rings is 1. The van der Waals surface area contributed by atoms with E-state index in [-0.39, 0.29) is 17.7 Å². The molecule has 2 fully saturated rings. The van der Waals surface area contributed by atoms with Gasteiger partial charge in [-0.2, -0.15) is 0 Å². The molecular weight excluding hydrogens is 366 g/mol. The smallest absolute Gasteiger partial charge is 0.253 e. The first-order valence-corrected chi connectivity index (χ1v) is 9.89. The zero-order chi connectivity index (χ0) is 19.6. The maximum Gasteiger partial charge on any atom is 0.253 e. The van der Waals surface area contributed by atoms with Gasteiger partial charge in [-0.3, -0.25) is 14.4 Å². The lowest BCUT2D eigenvalue weighted by Gasteiger charge is -2.40. The number of nitrogens with zero attached hydrogens (tertiary/aromatic N) is 2. The molecule has 3 amide bonds. The maximum absolute atomic E-state index is 13.0. The molecule has 2 N–H and O–H groups in total. The van der Waals surface area contributed by atoms with Gasteiger partial charge in [0, 0.05) is 36.1 Å². The molecule has 146 valence electrons. The minimum absolute atomic E-state index is 0.00397. The fourth-order valence-corrected chi connectivity index (χ4v) is 4.14. The van der Waals surface area contributed by atoms with Gasteiger partial charge >= 0.3 is 0 Å². The van der Waals surface area contributed by atoms with Crippen LogP contribution in [0.5, 0.6) is 0 Å². The van der Waals surface area contributed by atoms with Gasteiger partial charge in [0.05, 0.1) is 0 Å². The van der Waals surface area contributed by atoms with Crippen molar-refractivity contribution in [3.8, 4) is 0 Å². The van der Waals surface area contributed by atoms with Crippen LogP contribution in [-0.2, 0) is 9.59 Å². The predicted octanol–water partition coefficient (Wildman–Crippen LogP) is 2.30. The van der Waals surface area contributed by atoms with Gasteiger partial charge in [0.2, 0.25) is 11.8 Å². The van der Waals surface area contributed by atoms with Crippen LogP contribution in [-0.4, -0.2) is 53.2 Å². The first kappa shape index (κ1) is 19.7. The molecule has 2 heterocycles. The molecule has 1 aromatic rings. The van der Waals surface area contributed by atoms with Gasteiger partial charge in [-0.1, -0.05) is 18.5 Å². The summed E-state index contributed by atoms with van der Waals surface area (Å²) in [6.45, 7) is 3.73. The molecule has 0 saturated carbocycles. The number of hydrogen-bond acceptors (Lipinski definition) is 3. The Morgan fingerprint density at radius 2 is 1.67 bits per heavy atom. The van der Waals surface area contributed by atoms with Crippen molar-refractivity contribution in [2.45, 2.75) is 38.6 Å². The van der Waals surface area contributed by atoms with E-state index < -0.39 is 11.9 Å². The topological polar surface area (TPSA) is 83.7 Å². The third kappa shape index (κ3) is 4.43. The standard InChI is InChI=1S/C20H26ClN3O3/c1-13-6-11-24(17(12-13)18(22)25)20(27)15-7-9-23(10-8-15)19(26)14-2-4-16(21)5-3-14/h2-5,13,15,17H,6-12H2,1H3,(H2,22,25)/t13-,17-/m0/s1. The fourth-order valence-electron chi connectivity index (χ4n) is 4.01. The van der Waals surface area contributed by atoms with Crippen LogP contribution < -0.4 is 5.73 Å². The van der Waals surface area contributed by atoms with Crippen LogP contribution in [0.25, 0.3) is 0 Å². The number of carbonyl (C=O) groups is 3. The van der Waals surface area contributed by atoms with E-state index >= 15 is 0 Å². The highest BCUT2D eigenvalue weighted by Gasteiger charge is 2.38. The average Bonchev–Trinajstić information content (AvgIpc) is 2.67. The Morgan fingerprint density at radius 1 is 1.04 bits per heavy atom. The first-order valence-electron chi connectivity index (χ1n) is 9.51. The number of carbonyl (C=O) groups excluding carboxylic acids is 3. The van der Waals surface area contributed by atoms with Crippen molar-refractivity contribution in [3.63, 3.8) is 0 Å². The summed E-state index contributed by atoms with van der Waals surface area (Å²) in [6.07, 6.45) is 2.74. The van der Waals surface area contributed by atoms with E-state index in [0.717, 1.165) is 6.42 Å². The lowest BCUT2D eigenvalue weighted by Crippen LogP contribution is -2.54. The lowest BCUT2D eigenvalue weighted by atomic mass is 9.88. The molecule has 3 rings (SSSR count). The van der Waals surface area contributed by atoms with Gasteiger partial charge in [-0.05, 0) is 55.9 Å². The Hall–Kier alpha value is -2.08. The molecule has 0 aromatic heterocycles. The van der Waals surface area contributed by atoms with Gasteiger partial charge in [0.1, 0.15) is 6.04 Å². The van der Waals surface area contributed by atoms with Crippen LogP contribution >= 0.6 is 11.6 Å². The highest BCUT2D eigenvalue weighted by atomic mass is 35.5. The summed E-state index contributed by atoms with van der Waals surface area (Å²) in [5.41, 5.74) is 6.13. The zero-order valence-electron chi connectivity index (χ0n) is 15.6. The molecule has 2 aliphatic rings. The molecule has 0 aliphatic carbocycles. The number of halogens is 1. The third-order valence-electron chi connectivity index (χ3n) is 5.70. The summed E-state index contributed by atoms with van der Waals surface area (Å²) in [6, 6.07) is 6.33. The number of nitrogens with two attached hydrogens (primary N) is 1. The van der Waals surface area contributed by atoms with Gasteiger partial charge in [-0.15, -0.1) is 0 Å². The first-order chi connectivity index (χ1) is 12.9. The lowest BCUT2D eigenvalue weighted by molar-refractivity contribution is -0.146. The van der Waals surface area contributed by atoms with Crippen molar-refractivity contribution in [1.82, 2.24) is 9.80 Å². The molecule has 2 atom stereocenters. The Labute approximate surface area is 164 Å². The Balaban J connectivity index is 1.59. The second-order valence-corrected chi connectivity index (χ2v) is 8.09. The second-order valence-electron chi connectivity index (χ2n) is 7.65. The van der Waals surface area contributed by atoms with Crippen molar-refractivity contribution < 1.29 is 14.4 Å². The molecule has 7 heteroatoms. The van der Waals surface area contributed by atoms with E-state index in [4.69, 9.17) is 17.3 Å². The van der Waals surface area contributed by atoms with Gasteiger partial charge in [0.15, 0.2) is 0 Å².